The molecule has 1 aromatic rings. The number of methoxy groups -OCH3 is 1. The molecule has 8 heteroatoms. The highest BCUT2D eigenvalue weighted by molar-refractivity contribution is 5.93. The number of benzene rings is 1. The summed E-state index contributed by atoms with van der Waals surface area (Å²) in [4.78, 5) is 11.1. The summed E-state index contributed by atoms with van der Waals surface area (Å²) in [6.45, 7) is 0. The molecule has 5 nitrogen and oxygen atoms in total. The standard InChI is InChI=1S/C10H6F3NO4/c1-17-9(16)6-3-8(18-10(11,12)13)5(4-14)2-7(6)15/h2-3,15H,1H3. The van der Waals surface area contributed by atoms with Crippen molar-refractivity contribution in [2.45, 2.75) is 6.36 Å². The summed E-state index contributed by atoms with van der Waals surface area (Å²) in [5.41, 5.74) is -1.09. The third-order valence-corrected chi connectivity index (χ3v) is 1.85. The number of carbonyl (C=O) groups is 1. The number of aromatic hydroxyl groups is 1. The number of alkyl halides is 3. The van der Waals surface area contributed by atoms with E-state index in [1.54, 1.807) is 0 Å². The molecule has 0 aliphatic carbocycles. The van der Waals surface area contributed by atoms with E-state index in [1.807, 2.05) is 0 Å². The number of halogens is 3. The van der Waals surface area contributed by atoms with E-state index in [1.165, 1.54) is 6.07 Å². The Morgan fingerprint density at radius 3 is 2.50 bits per heavy atom. The van der Waals surface area contributed by atoms with Gasteiger partial charge in [-0.1, -0.05) is 0 Å². The van der Waals surface area contributed by atoms with E-state index in [4.69, 9.17) is 5.26 Å². The average Bonchev–Trinajstić information content (AvgIpc) is 2.28. The monoisotopic (exact) mass is 261 g/mol. The van der Waals surface area contributed by atoms with Crippen LogP contribution in [-0.2, 0) is 4.74 Å². The van der Waals surface area contributed by atoms with Crippen molar-refractivity contribution in [2.24, 2.45) is 0 Å². The fourth-order valence-electron chi connectivity index (χ4n) is 1.14. The van der Waals surface area contributed by atoms with Crippen molar-refractivity contribution in [3.05, 3.63) is 23.3 Å². The molecule has 96 valence electrons. The fourth-order valence-corrected chi connectivity index (χ4v) is 1.14. The van der Waals surface area contributed by atoms with Crippen LogP contribution in [0.1, 0.15) is 15.9 Å². The average molecular weight is 261 g/mol. The number of phenols is 1. The number of rotatable bonds is 2. The van der Waals surface area contributed by atoms with Crippen LogP contribution in [0.5, 0.6) is 11.5 Å². The Morgan fingerprint density at radius 2 is 2.06 bits per heavy atom. The highest BCUT2D eigenvalue weighted by Crippen LogP contribution is 2.31. The number of phenolic OH excluding ortho intramolecular Hbond substituents is 1. The second-order valence-corrected chi connectivity index (χ2v) is 3.02. The Hall–Kier alpha value is -2.43. The second kappa shape index (κ2) is 4.83. The maximum atomic E-state index is 12.1. The number of nitrogens with zero attached hydrogens (tertiary/aromatic N) is 1. The minimum atomic E-state index is -5.02. The Morgan fingerprint density at radius 1 is 1.44 bits per heavy atom. The van der Waals surface area contributed by atoms with Crippen LogP contribution in [0.3, 0.4) is 0 Å². The number of nitriles is 1. The Balaban J connectivity index is 3.32. The van der Waals surface area contributed by atoms with Gasteiger partial charge >= 0.3 is 12.3 Å². The normalized spacial score (nSPS) is 10.6. The van der Waals surface area contributed by atoms with Gasteiger partial charge in [-0.05, 0) is 0 Å². The summed E-state index contributed by atoms with van der Waals surface area (Å²) in [6.07, 6.45) is -5.02. The molecule has 0 bridgehead atoms. The molecule has 0 spiro atoms. The van der Waals surface area contributed by atoms with Crippen LogP contribution in [-0.4, -0.2) is 24.5 Å². The van der Waals surface area contributed by atoms with Crippen LogP contribution in [0, 0.1) is 11.3 Å². The summed E-state index contributed by atoms with van der Waals surface area (Å²) in [7, 11) is 0.990. The predicted molar refractivity (Wildman–Crippen MR) is 50.8 cm³/mol. The van der Waals surface area contributed by atoms with Gasteiger partial charge in [0, 0.05) is 12.1 Å². The molecule has 0 heterocycles. The van der Waals surface area contributed by atoms with Crippen molar-refractivity contribution in [3.8, 4) is 17.6 Å². The molecular formula is C10H6F3NO4. The smallest absolute Gasteiger partial charge is 0.507 e. The van der Waals surface area contributed by atoms with Crippen LogP contribution in [0.15, 0.2) is 12.1 Å². The molecule has 0 aromatic heterocycles. The second-order valence-electron chi connectivity index (χ2n) is 3.02. The van der Waals surface area contributed by atoms with E-state index in [0.29, 0.717) is 12.1 Å². The quantitative estimate of drug-likeness (QED) is 0.823. The third-order valence-electron chi connectivity index (χ3n) is 1.85. The Kier molecular flexibility index (Phi) is 3.66. The van der Waals surface area contributed by atoms with Gasteiger partial charge in [0.1, 0.15) is 23.1 Å². The van der Waals surface area contributed by atoms with E-state index >= 15 is 0 Å². The lowest BCUT2D eigenvalue weighted by Crippen LogP contribution is -2.18. The maximum Gasteiger partial charge on any atom is 0.573 e. The van der Waals surface area contributed by atoms with Gasteiger partial charge in [0.15, 0.2) is 0 Å². The van der Waals surface area contributed by atoms with Crippen molar-refractivity contribution in [3.63, 3.8) is 0 Å². The summed E-state index contributed by atoms with van der Waals surface area (Å²) >= 11 is 0. The van der Waals surface area contributed by atoms with E-state index < -0.39 is 35.0 Å². The number of hydrogen-bond acceptors (Lipinski definition) is 5. The minimum Gasteiger partial charge on any atom is -0.507 e. The van der Waals surface area contributed by atoms with Crippen LogP contribution >= 0.6 is 0 Å². The van der Waals surface area contributed by atoms with Gasteiger partial charge < -0.3 is 14.6 Å². The molecule has 1 N–H and O–H groups in total. The largest absolute Gasteiger partial charge is 0.573 e. The lowest BCUT2D eigenvalue weighted by atomic mass is 10.1. The maximum absolute atomic E-state index is 12.1. The summed E-state index contributed by atoms with van der Waals surface area (Å²) < 4.78 is 44.0. The fraction of sp³-hybridized carbons (Fsp3) is 0.200. The Labute approximate surface area is 99.0 Å². The first kappa shape index (κ1) is 13.6. The number of ether oxygens (including phenoxy) is 2. The van der Waals surface area contributed by atoms with Gasteiger partial charge in [0.25, 0.3) is 0 Å². The van der Waals surface area contributed by atoms with Gasteiger partial charge in [-0.15, -0.1) is 13.2 Å². The lowest BCUT2D eigenvalue weighted by Gasteiger charge is -2.12. The zero-order valence-electron chi connectivity index (χ0n) is 8.91. The zero-order valence-corrected chi connectivity index (χ0v) is 8.91. The molecule has 0 amide bonds. The number of esters is 1. The molecule has 0 saturated carbocycles. The predicted octanol–water partition coefficient (Wildman–Crippen LogP) is 1.95. The molecule has 0 fully saturated rings. The lowest BCUT2D eigenvalue weighted by molar-refractivity contribution is -0.274. The molecule has 0 aliphatic heterocycles. The molecule has 1 rings (SSSR count). The molecular weight excluding hydrogens is 255 g/mol. The van der Waals surface area contributed by atoms with Crippen molar-refractivity contribution in [1.82, 2.24) is 0 Å². The van der Waals surface area contributed by atoms with Gasteiger partial charge in [0.05, 0.1) is 12.7 Å². The van der Waals surface area contributed by atoms with Gasteiger partial charge in [-0.3, -0.25) is 0 Å². The van der Waals surface area contributed by atoms with Gasteiger partial charge in [0.2, 0.25) is 0 Å². The van der Waals surface area contributed by atoms with Gasteiger partial charge in [-0.25, -0.2) is 4.79 Å². The van der Waals surface area contributed by atoms with Crippen molar-refractivity contribution >= 4 is 5.97 Å². The topological polar surface area (TPSA) is 79.5 Å². The summed E-state index contributed by atoms with van der Waals surface area (Å²) in [6, 6.07) is 2.68. The first-order valence-corrected chi connectivity index (χ1v) is 4.39. The molecule has 0 radical (unpaired) electrons. The highest BCUT2D eigenvalue weighted by atomic mass is 19.4. The van der Waals surface area contributed by atoms with Crippen LogP contribution in [0.25, 0.3) is 0 Å². The first-order valence-electron chi connectivity index (χ1n) is 4.39. The van der Waals surface area contributed by atoms with Crippen molar-refractivity contribution in [1.29, 1.82) is 5.26 Å². The molecule has 0 aliphatic rings. The van der Waals surface area contributed by atoms with E-state index in [2.05, 4.69) is 9.47 Å². The minimum absolute atomic E-state index is 0.532. The number of hydrogen-bond donors (Lipinski definition) is 1. The van der Waals surface area contributed by atoms with E-state index in [9.17, 15) is 23.1 Å². The molecule has 1 aromatic carbocycles. The van der Waals surface area contributed by atoms with E-state index in [0.717, 1.165) is 7.11 Å². The molecule has 0 atom stereocenters. The molecule has 0 unspecified atom stereocenters. The number of carbonyl (C=O) groups excluding carboxylic acids is 1. The molecule has 18 heavy (non-hydrogen) atoms. The van der Waals surface area contributed by atoms with E-state index in [-0.39, 0.29) is 0 Å². The van der Waals surface area contributed by atoms with Crippen LogP contribution < -0.4 is 4.74 Å². The zero-order chi connectivity index (χ0) is 13.9. The third kappa shape index (κ3) is 3.04. The van der Waals surface area contributed by atoms with Crippen molar-refractivity contribution < 1.29 is 32.5 Å². The first-order chi connectivity index (χ1) is 8.28. The van der Waals surface area contributed by atoms with Crippen LogP contribution in [0.4, 0.5) is 13.2 Å². The SMILES string of the molecule is COC(=O)c1cc(OC(F)(F)F)c(C#N)cc1O. The van der Waals surface area contributed by atoms with Crippen LogP contribution in [0.2, 0.25) is 0 Å². The van der Waals surface area contributed by atoms with Gasteiger partial charge in [-0.2, -0.15) is 5.26 Å². The summed E-state index contributed by atoms with van der Waals surface area (Å²) in [5.74, 6) is -2.61. The summed E-state index contributed by atoms with van der Waals surface area (Å²) in [5, 5.41) is 18.0. The molecule has 0 saturated heterocycles. The highest BCUT2D eigenvalue weighted by Gasteiger charge is 2.33. The van der Waals surface area contributed by atoms with Crippen molar-refractivity contribution in [2.75, 3.05) is 7.11 Å². The Bertz CT molecular complexity index is 519.